The molecule has 1 unspecified atom stereocenters. The Morgan fingerprint density at radius 3 is 2.29 bits per heavy atom. The summed E-state index contributed by atoms with van der Waals surface area (Å²) in [5, 5.41) is 9.33. The van der Waals surface area contributed by atoms with Crippen molar-refractivity contribution in [2.45, 2.75) is 44.9 Å². The maximum Gasteiger partial charge on any atom is 0.410 e. The Bertz CT molecular complexity index is 441. The number of nitrogens with zero attached hydrogens (tertiary/aromatic N) is 1. The third kappa shape index (κ3) is 2.84. The number of alkyl halides is 1. The molecule has 0 aromatic heterocycles. The minimum absolute atomic E-state index is 0.0497. The van der Waals surface area contributed by atoms with Crippen LogP contribution < -0.4 is 0 Å². The molecule has 21 heavy (non-hydrogen) atoms. The van der Waals surface area contributed by atoms with Crippen LogP contribution in [0.3, 0.4) is 0 Å². The number of hydrogen-bond donors (Lipinski definition) is 1. The Labute approximate surface area is 123 Å². The normalized spacial score (nSPS) is 28.7. The first-order valence-corrected chi connectivity index (χ1v) is 7.08. The summed E-state index contributed by atoms with van der Waals surface area (Å²) in [6.07, 6.45) is -0.0985. The fraction of sp³-hybridized carbons (Fsp3) is 0.857. The number of carboxylic acid groups (broad SMARTS) is 1. The highest BCUT2D eigenvalue weighted by Crippen LogP contribution is 2.49. The van der Waals surface area contributed by atoms with Gasteiger partial charge < -0.3 is 19.5 Å². The molecule has 2 aliphatic rings. The molecule has 2 heterocycles. The van der Waals surface area contributed by atoms with Crippen LogP contribution in [-0.2, 0) is 14.3 Å². The van der Waals surface area contributed by atoms with Gasteiger partial charge in [-0.1, -0.05) is 0 Å². The summed E-state index contributed by atoms with van der Waals surface area (Å²) in [6, 6.07) is 0. The molecule has 2 saturated heterocycles. The van der Waals surface area contributed by atoms with E-state index in [4.69, 9.17) is 9.47 Å². The zero-order valence-corrected chi connectivity index (χ0v) is 12.6. The van der Waals surface area contributed by atoms with Crippen LogP contribution in [0.25, 0.3) is 0 Å². The molecule has 0 bridgehead atoms. The summed E-state index contributed by atoms with van der Waals surface area (Å²) in [7, 11) is 0. The average Bonchev–Trinajstić information content (AvgIpc) is 2.63. The van der Waals surface area contributed by atoms with Gasteiger partial charge in [-0.25, -0.2) is 14.0 Å². The third-order valence-corrected chi connectivity index (χ3v) is 4.18. The van der Waals surface area contributed by atoms with Crippen LogP contribution in [0.5, 0.6) is 0 Å². The molecule has 2 fully saturated rings. The zero-order valence-electron chi connectivity index (χ0n) is 12.6. The molecule has 2 rings (SSSR count). The van der Waals surface area contributed by atoms with E-state index in [0.717, 1.165) is 0 Å². The molecule has 0 aromatic carbocycles. The molecule has 1 spiro atoms. The van der Waals surface area contributed by atoms with Crippen molar-refractivity contribution in [2.75, 3.05) is 26.3 Å². The van der Waals surface area contributed by atoms with Crippen molar-refractivity contribution in [2.24, 2.45) is 5.41 Å². The van der Waals surface area contributed by atoms with E-state index >= 15 is 4.39 Å². The second kappa shape index (κ2) is 5.12. The number of carbonyl (C=O) groups is 2. The van der Waals surface area contributed by atoms with E-state index < -0.39 is 35.3 Å². The van der Waals surface area contributed by atoms with Crippen molar-refractivity contribution in [3.63, 3.8) is 0 Å². The monoisotopic (exact) mass is 303 g/mol. The van der Waals surface area contributed by atoms with Crippen molar-refractivity contribution in [3.8, 4) is 0 Å². The van der Waals surface area contributed by atoms with Crippen LogP contribution in [0.1, 0.15) is 33.6 Å². The van der Waals surface area contributed by atoms with Gasteiger partial charge in [-0.05, 0) is 33.6 Å². The molecule has 1 N–H and O–H groups in total. The number of carboxylic acids is 1. The largest absolute Gasteiger partial charge is 0.479 e. The fourth-order valence-electron chi connectivity index (χ4n) is 3.04. The van der Waals surface area contributed by atoms with Gasteiger partial charge in [0.15, 0.2) is 0 Å². The number of aliphatic carboxylic acids is 1. The molecule has 0 aliphatic carbocycles. The predicted molar refractivity (Wildman–Crippen MR) is 71.8 cm³/mol. The van der Waals surface area contributed by atoms with Gasteiger partial charge in [0.25, 0.3) is 0 Å². The molecule has 1 amide bonds. The van der Waals surface area contributed by atoms with Gasteiger partial charge in [-0.15, -0.1) is 0 Å². The summed E-state index contributed by atoms with van der Waals surface area (Å²) in [5.41, 5.74) is -4.24. The molecule has 0 aromatic rings. The summed E-state index contributed by atoms with van der Waals surface area (Å²) >= 11 is 0. The Morgan fingerprint density at radius 1 is 1.24 bits per heavy atom. The van der Waals surface area contributed by atoms with Crippen molar-refractivity contribution < 1.29 is 28.6 Å². The Hall–Kier alpha value is -1.37. The predicted octanol–water partition coefficient (Wildman–Crippen LogP) is 1.83. The molecular formula is C14H22FNO5. The highest BCUT2D eigenvalue weighted by atomic mass is 19.1. The molecule has 1 atom stereocenters. The summed E-state index contributed by atoms with van der Waals surface area (Å²) in [4.78, 5) is 24.7. The molecular weight excluding hydrogens is 281 g/mol. The standard InChI is InChI=1S/C14H22FNO5/c1-12(2,3)21-11(19)16-8-13(4-6-20-7-5-13)14(15,9-16)10(17)18/h4-9H2,1-3H3,(H,17,18). The SMILES string of the molecule is CC(C)(C)OC(=O)N1CC2(CCOCC2)C(F)(C(=O)O)C1. The van der Waals surface area contributed by atoms with E-state index in [-0.39, 0.29) is 19.4 Å². The van der Waals surface area contributed by atoms with E-state index in [2.05, 4.69) is 0 Å². The van der Waals surface area contributed by atoms with E-state index in [1.54, 1.807) is 20.8 Å². The number of likely N-dealkylation sites (tertiary alicyclic amines) is 1. The van der Waals surface area contributed by atoms with Gasteiger partial charge in [0.05, 0.1) is 6.54 Å². The van der Waals surface area contributed by atoms with Crippen LogP contribution in [-0.4, -0.2) is 59.6 Å². The summed E-state index contributed by atoms with van der Waals surface area (Å²) < 4.78 is 25.6. The van der Waals surface area contributed by atoms with Gasteiger partial charge in [0, 0.05) is 25.2 Å². The zero-order chi connectivity index (χ0) is 15.9. The Morgan fingerprint density at radius 2 is 1.81 bits per heavy atom. The first-order chi connectivity index (χ1) is 9.60. The lowest BCUT2D eigenvalue weighted by atomic mass is 9.70. The number of halogens is 1. The van der Waals surface area contributed by atoms with E-state index in [1.165, 1.54) is 4.90 Å². The molecule has 2 aliphatic heterocycles. The van der Waals surface area contributed by atoms with E-state index in [0.29, 0.717) is 13.2 Å². The second-order valence-electron chi connectivity index (χ2n) is 6.84. The topological polar surface area (TPSA) is 76.1 Å². The number of carbonyl (C=O) groups excluding carboxylic acids is 1. The quantitative estimate of drug-likeness (QED) is 0.799. The van der Waals surface area contributed by atoms with Crippen molar-refractivity contribution in [1.29, 1.82) is 0 Å². The molecule has 6 nitrogen and oxygen atoms in total. The Kier molecular flexibility index (Phi) is 3.90. The van der Waals surface area contributed by atoms with E-state index in [1.807, 2.05) is 0 Å². The van der Waals surface area contributed by atoms with Crippen LogP contribution in [0.15, 0.2) is 0 Å². The lowest BCUT2D eigenvalue weighted by molar-refractivity contribution is -0.162. The van der Waals surface area contributed by atoms with Crippen molar-refractivity contribution >= 4 is 12.1 Å². The summed E-state index contributed by atoms with van der Waals surface area (Å²) in [6.45, 7) is 5.33. The number of amides is 1. The van der Waals surface area contributed by atoms with Crippen LogP contribution in [0, 0.1) is 5.41 Å². The number of ether oxygens (including phenoxy) is 2. The van der Waals surface area contributed by atoms with Crippen molar-refractivity contribution in [1.82, 2.24) is 4.90 Å². The number of hydrogen-bond acceptors (Lipinski definition) is 4. The van der Waals surface area contributed by atoms with Crippen LogP contribution in [0.2, 0.25) is 0 Å². The summed E-state index contributed by atoms with van der Waals surface area (Å²) in [5.74, 6) is -1.52. The first kappa shape index (κ1) is 16.0. The van der Waals surface area contributed by atoms with Crippen LogP contribution in [0.4, 0.5) is 9.18 Å². The first-order valence-electron chi connectivity index (χ1n) is 7.08. The molecule has 0 saturated carbocycles. The fourth-order valence-corrected chi connectivity index (χ4v) is 3.04. The lowest BCUT2D eigenvalue weighted by Gasteiger charge is -2.39. The van der Waals surface area contributed by atoms with Gasteiger partial charge >= 0.3 is 12.1 Å². The maximum atomic E-state index is 15.1. The lowest BCUT2D eigenvalue weighted by Crippen LogP contribution is -2.52. The highest BCUT2D eigenvalue weighted by molar-refractivity contribution is 5.82. The number of rotatable bonds is 1. The second-order valence-corrected chi connectivity index (χ2v) is 6.84. The highest BCUT2D eigenvalue weighted by Gasteiger charge is 2.65. The van der Waals surface area contributed by atoms with Gasteiger partial charge in [0.2, 0.25) is 5.67 Å². The molecule has 0 radical (unpaired) electrons. The smallest absolute Gasteiger partial charge is 0.410 e. The minimum atomic E-state index is -2.45. The minimum Gasteiger partial charge on any atom is -0.479 e. The average molecular weight is 303 g/mol. The van der Waals surface area contributed by atoms with Crippen molar-refractivity contribution in [3.05, 3.63) is 0 Å². The third-order valence-electron chi connectivity index (χ3n) is 4.18. The molecule has 7 heteroatoms. The van der Waals surface area contributed by atoms with Crippen LogP contribution >= 0.6 is 0 Å². The van der Waals surface area contributed by atoms with Gasteiger partial charge in [-0.3, -0.25) is 0 Å². The van der Waals surface area contributed by atoms with Gasteiger partial charge in [0.1, 0.15) is 5.60 Å². The maximum absolute atomic E-state index is 15.1. The molecule has 120 valence electrons. The van der Waals surface area contributed by atoms with Gasteiger partial charge in [-0.2, -0.15) is 0 Å². The van der Waals surface area contributed by atoms with E-state index in [9.17, 15) is 14.7 Å². The Balaban J connectivity index is 2.23.